The molecule has 2 N–H and O–H groups in total. The van der Waals surface area contributed by atoms with E-state index in [0.29, 0.717) is 42.3 Å². The summed E-state index contributed by atoms with van der Waals surface area (Å²) in [5, 5.41) is 13.0. The van der Waals surface area contributed by atoms with Crippen LogP contribution in [0.15, 0.2) is 121 Å². The Morgan fingerprint density at radius 2 is 1.48 bits per heavy atom. The van der Waals surface area contributed by atoms with Gasteiger partial charge in [-0.05, 0) is 48.4 Å². The third-order valence-corrected chi connectivity index (χ3v) is 6.67. The molecular weight excluding hydrogens is 528 g/mol. The maximum Gasteiger partial charge on any atom is 0.326 e. The van der Waals surface area contributed by atoms with Crippen LogP contribution in [0.5, 0.6) is 5.75 Å². The number of para-hydroxylation sites is 1. The van der Waals surface area contributed by atoms with Gasteiger partial charge in [0.25, 0.3) is 0 Å². The van der Waals surface area contributed by atoms with E-state index >= 15 is 0 Å². The molecule has 4 aromatic carbocycles. The minimum absolute atomic E-state index is 0.0837. The van der Waals surface area contributed by atoms with E-state index in [1.807, 2.05) is 55.5 Å². The van der Waals surface area contributed by atoms with Gasteiger partial charge in [-0.25, -0.2) is 4.79 Å². The normalized spacial score (nSPS) is 11.5. The number of ether oxygens (including phenoxy) is 1. The summed E-state index contributed by atoms with van der Waals surface area (Å²) in [6, 6.07) is 31.9. The number of anilines is 1. The molecule has 0 heterocycles. The number of aliphatic carboxylic acids is 1. The van der Waals surface area contributed by atoms with E-state index in [0.717, 1.165) is 11.1 Å². The van der Waals surface area contributed by atoms with Gasteiger partial charge in [0.2, 0.25) is 5.91 Å². The Balaban J connectivity index is 1.37. The van der Waals surface area contributed by atoms with E-state index in [1.54, 1.807) is 77.7 Å². The van der Waals surface area contributed by atoms with Crippen LogP contribution in [0.4, 0.5) is 5.69 Å². The lowest BCUT2D eigenvalue weighted by atomic mass is 10.00. The molecule has 0 saturated carbocycles. The maximum atomic E-state index is 13.1. The molecule has 7 nitrogen and oxygen atoms in total. The van der Waals surface area contributed by atoms with Gasteiger partial charge >= 0.3 is 5.97 Å². The molecule has 0 spiro atoms. The summed E-state index contributed by atoms with van der Waals surface area (Å²) in [6.45, 7) is 3.01. The van der Waals surface area contributed by atoms with Gasteiger partial charge in [-0.2, -0.15) is 0 Å². The fourth-order valence-electron chi connectivity index (χ4n) is 4.49. The molecule has 0 radical (unpaired) electrons. The minimum Gasteiger partial charge on any atom is -0.492 e. The van der Waals surface area contributed by atoms with E-state index in [-0.39, 0.29) is 18.1 Å². The molecular formula is C35H34N2O5. The van der Waals surface area contributed by atoms with Gasteiger partial charge in [-0.1, -0.05) is 91.0 Å². The van der Waals surface area contributed by atoms with Gasteiger partial charge in [0.1, 0.15) is 18.4 Å². The van der Waals surface area contributed by atoms with Crippen molar-refractivity contribution < 1.29 is 24.2 Å². The molecule has 214 valence electrons. The van der Waals surface area contributed by atoms with Crippen LogP contribution >= 0.6 is 0 Å². The molecule has 4 rings (SSSR count). The highest BCUT2D eigenvalue weighted by atomic mass is 16.5. The zero-order valence-corrected chi connectivity index (χ0v) is 23.5. The molecule has 7 heteroatoms. The zero-order valence-electron chi connectivity index (χ0n) is 23.5. The first-order valence-corrected chi connectivity index (χ1v) is 13.8. The van der Waals surface area contributed by atoms with Crippen LogP contribution in [0.3, 0.4) is 0 Å². The number of nitrogens with one attached hydrogen (secondary N) is 1. The first kappa shape index (κ1) is 29.8. The lowest BCUT2D eigenvalue weighted by Crippen LogP contribution is -2.33. The Labute approximate surface area is 246 Å². The molecule has 0 aromatic heterocycles. The van der Waals surface area contributed by atoms with Gasteiger partial charge in [0.15, 0.2) is 5.78 Å². The van der Waals surface area contributed by atoms with Crippen LogP contribution in [0.25, 0.3) is 0 Å². The molecule has 0 fully saturated rings. The average Bonchev–Trinajstić information content (AvgIpc) is 3.02. The number of rotatable bonds is 14. The Kier molecular flexibility index (Phi) is 10.6. The number of hydrogen-bond acceptors (Lipinski definition) is 5. The van der Waals surface area contributed by atoms with Crippen molar-refractivity contribution in [3.8, 4) is 5.75 Å². The van der Waals surface area contributed by atoms with Crippen molar-refractivity contribution in [1.29, 1.82) is 0 Å². The minimum atomic E-state index is -1.03. The first-order chi connectivity index (χ1) is 20.4. The van der Waals surface area contributed by atoms with Crippen molar-refractivity contribution in [3.05, 3.63) is 144 Å². The van der Waals surface area contributed by atoms with Crippen LogP contribution in [-0.2, 0) is 22.6 Å². The van der Waals surface area contributed by atoms with E-state index in [9.17, 15) is 19.5 Å². The fourth-order valence-corrected chi connectivity index (χ4v) is 4.49. The molecule has 1 amide bonds. The summed E-state index contributed by atoms with van der Waals surface area (Å²) in [5.41, 5.74) is 3.24. The van der Waals surface area contributed by atoms with Crippen molar-refractivity contribution >= 4 is 23.3 Å². The molecule has 0 aliphatic rings. The summed E-state index contributed by atoms with van der Waals surface area (Å²) in [7, 11) is 0. The molecule has 0 unspecified atom stereocenters. The summed E-state index contributed by atoms with van der Waals surface area (Å²) in [4.78, 5) is 39.5. The number of carbonyl (C=O) groups excluding carboxylic acids is 2. The number of allylic oxidation sites excluding steroid dienone is 1. The van der Waals surface area contributed by atoms with Crippen LogP contribution in [-0.4, -0.2) is 46.9 Å². The fraction of sp³-hybridized carbons (Fsp3) is 0.171. The second-order valence-corrected chi connectivity index (χ2v) is 9.72. The number of amides is 1. The van der Waals surface area contributed by atoms with Crippen molar-refractivity contribution in [2.24, 2.45) is 0 Å². The average molecular weight is 563 g/mol. The smallest absolute Gasteiger partial charge is 0.326 e. The molecule has 0 aliphatic carbocycles. The second-order valence-electron chi connectivity index (χ2n) is 9.72. The molecule has 42 heavy (non-hydrogen) atoms. The highest BCUT2D eigenvalue weighted by Gasteiger charge is 2.21. The number of ketones is 1. The van der Waals surface area contributed by atoms with Crippen LogP contribution < -0.4 is 10.1 Å². The Morgan fingerprint density at radius 1 is 0.833 bits per heavy atom. The van der Waals surface area contributed by atoms with Crippen molar-refractivity contribution in [2.45, 2.75) is 25.9 Å². The van der Waals surface area contributed by atoms with Crippen LogP contribution in [0.2, 0.25) is 0 Å². The molecule has 0 aliphatic heterocycles. The number of benzene rings is 4. The Bertz CT molecular complexity index is 1500. The van der Waals surface area contributed by atoms with E-state index < -0.39 is 12.0 Å². The number of carboxylic acid groups (broad SMARTS) is 1. The van der Waals surface area contributed by atoms with Gasteiger partial charge in [-0.3, -0.25) is 9.59 Å². The van der Waals surface area contributed by atoms with Crippen LogP contribution in [0, 0.1) is 0 Å². The Morgan fingerprint density at radius 3 is 2.14 bits per heavy atom. The quantitative estimate of drug-likeness (QED) is 0.144. The highest BCUT2D eigenvalue weighted by molar-refractivity contribution is 6.12. The topological polar surface area (TPSA) is 95.9 Å². The number of hydrogen-bond donors (Lipinski definition) is 2. The van der Waals surface area contributed by atoms with Gasteiger partial charge in [-0.15, -0.1) is 0 Å². The maximum absolute atomic E-state index is 13.1. The van der Waals surface area contributed by atoms with E-state index in [1.165, 1.54) is 0 Å². The molecule has 4 aromatic rings. The van der Waals surface area contributed by atoms with Crippen molar-refractivity contribution in [2.75, 3.05) is 18.5 Å². The molecule has 0 saturated heterocycles. The summed E-state index contributed by atoms with van der Waals surface area (Å²) >= 11 is 0. The summed E-state index contributed by atoms with van der Waals surface area (Å²) < 4.78 is 5.90. The summed E-state index contributed by atoms with van der Waals surface area (Å²) in [6.07, 6.45) is 3.46. The molecule has 0 bridgehead atoms. The third-order valence-electron chi connectivity index (χ3n) is 6.67. The van der Waals surface area contributed by atoms with Crippen molar-refractivity contribution in [3.63, 3.8) is 0 Å². The lowest BCUT2D eigenvalue weighted by molar-refractivity contribution is -0.137. The highest BCUT2D eigenvalue weighted by Crippen LogP contribution is 2.22. The first-order valence-electron chi connectivity index (χ1n) is 13.8. The number of carboxylic acids is 1. The predicted octanol–water partition coefficient (Wildman–Crippen LogP) is 6.01. The predicted molar refractivity (Wildman–Crippen MR) is 164 cm³/mol. The third kappa shape index (κ3) is 8.41. The summed E-state index contributed by atoms with van der Waals surface area (Å²) in [5.74, 6) is -0.671. The van der Waals surface area contributed by atoms with Crippen molar-refractivity contribution in [1.82, 2.24) is 4.90 Å². The van der Waals surface area contributed by atoms with Gasteiger partial charge in [0, 0.05) is 29.8 Å². The monoisotopic (exact) mass is 562 g/mol. The zero-order chi connectivity index (χ0) is 29.7. The SMILES string of the molecule is C/C=C/C(=O)N(CCOc1ccc(C[C@H](Nc2ccccc2C(=O)c2ccccc2)C(=O)O)cc1)Cc1ccccc1. The molecule has 1 atom stereocenters. The van der Waals surface area contributed by atoms with E-state index in [4.69, 9.17) is 4.74 Å². The van der Waals surface area contributed by atoms with E-state index in [2.05, 4.69) is 5.32 Å². The second kappa shape index (κ2) is 15.0. The standard InChI is InChI=1S/C35H34N2O5/c1-2-11-33(38)37(25-27-12-5-3-6-13-27)22-23-42-29-20-18-26(19-21-29)24-32(35(40)41)36-31-17-10-9-16-30(31)34(39)28-14-7-4-8-15-28/h2-21,32,36H,22-25H2,1H3,(H,40,41)/b11-2+/t32-/m0/s1. The largest absolute Gasteiger partial charge is 0.492 e. The van der Waals surface area contributed by atoms with Crippen LogP contribution in [0.1, 0.15) is 34.0 Å². The number of carbonyl (C=O) groups is 3. The lowest BCUT2D eigenvalue weighted by Gasteiger charge is -2.22. The Hall–Kier alpha value is -5.17. The van der Waals surface area contributed by atoms with Gasteiger partial charge in [0.05, 0.1) is 6.54 Å². The number of nitrogens with zero attached hydrogens (tertiary/aromatic N) is 1. The van der Waals surface area contributed by atoms with Gasteiger partial charge < -0.3 is 20.1 Å².